The summed E-state index contributed by atoms with van der Waals surface area (Å²) >= 11 is 0. The van der Waals surface area contributed by atoms with Gasteiger partial charge in [-0.25, -0.2) is 0 Å². The second kappa shape index (κ2) is 11.7. The third kappa shape index (κ3) is 5.39. The molecule has 6 N–H and O–H groups in total. The molecule has 1 saturated heterocycles. The quantitative estimate of drug-likeness (QED) is 0.272. The van der Waals surface area contributed by atoms with E-state index in [2.05, 4.69) is 0 Å². The number of methoxy groups -OCH3 is 2. The van der Waals surface area contributed by atoms with Crippen molar-refractivity contribution in [3.05, 3.63) is 53.1 Å². The largest absolute Gasteiger partial charge is 0.504 e. The van der Waals surface area contributed by atoms with E-state index in [0.29, 0.717) is 17.2 Å². The highest BCUT2D eigenvalue weighted by molar-refractivity contribution is 5.62. The van der Waals surface area contributed by atoms with Crippen LogP contribution in [0, 0.1) is 0 Å². The zero-order valence-corrected chi connectivity index (χ0v) is 20.4. The van der Waals surface area contributed by atoms with Crippen LogP contribution in [0.25, 0.3) is 6.08 Å². The Balaban J connectivity index is 1.50. The van der Waals surface area contributed by atoms with Crippen molar-refractivity contribution in [3.63, 3.8) is 0 Å². The van der Waals surface area contributed by atoms with E-state index in [0.717, 1.165) is 16.7 Å². The van der Waals surface area contributed by atoms with Gasteiger partial charge in [0.2, 0.25) is 0 Å². The Hall–Kier alpha value is -2.90. The van der Waals surface area contributed by atoms with Crippen LogP contribution in [0.3, 0.4) is 0 Å². The maximum absolute atomic E-state index is 10.2. The van der Waals surface area contributed by atoms with Crippen molar-refractivity contribution >= 4 is 6.08 Å². The van der Waals surface area contributed by atoms with Gasteiger partial charge in [-0.15, -0.1) is 0 Å². The van der Waals surface area contributed by atoms with Gasteiger partial charge >= 0.3 is 0 Å². The molecule has 7 atom stereocenters. The molecule has 11 nitrogen and oxygen atoms in total. The first-order valence-electron chi connectivity index (χ1n) is 11.8. The minimum atomic E-state index is -1.52. The van der Waals surface area contributed by atoms with E-state index in [1.165, 1.54) is 20.3 Å². The molecule has 0 aliphatic carbocycles. The van der Waals surface area contributed by atoms with Crippen LogP contribution in [0.5, 0.6) is 23.0 Å². The molecule has 11 heteroatoms. The first kappa shape index (κ1) is 27.1. The van der Waals surface area contributed by atoms with E-state index in [4.69, 9.17) is 23.7 Å². The van der Waals surface area contributed by atoms with Gasteiger partial charge in [0.15, 0.2) is 29.3 Å². The van der Waals surface area contributed by atoms with Gasteiger partial charge in [0, 0.05) is 5.56 Å². The van der Waals surface area contributed by atoms with Crippen molar-refractivity contribution in [2.45, 2.75) is 42.7 Å². The number of aliphatic hydroxyl groups excluding tert-OH is 5. The van der Waals surface area contributed by atoms with Gasteiger partial charge in [-0.2, -0.15) is 0 Å². The van der Waals surface area contributed by atoms with Crippen LogP contribution in [-0.4, -0.2) is 95.4 Å². The maximum atomic E-state index is 10.2. The Kier molecular flexibility index (Phi) is 8.55. The van der Waals surface area contributed by atoms with Crippen LogP contribution in [0.2, 0.25) is 0 Å². The number of ether oxygens (including phenoxy) is 5. The maximum Gasteiger partial charge on any atom is 0.187 e. The molecular weight excluding hydrogens is 488 g/mol. The average molecular weight is 521 g/mol. The monoisotopic (exact) mass is 520 g/mol. The first-order chi connectivity index (χ1) is 17.8. The topological polar surface area (TPSA) is 168 Å². The van der Waals surface area contributed by atoms with Crippen molar-refractivity contribution in [2.75, 3.05) is 34.0 Å². The van der Waals surface area contributed by atoms with E-state index in [-0.39, 0.29) is 19.0 Å². The van der Waals surface area contributed by atoms with E-state index >= 15 is 0 Å². The highest BCUT2D eigenvalue weighted by atomic mass is 16.7. The molecule has 0 saturated carbocycles. The Morgan fingerprint density at radius 2 is 1.68 bits per heavy atom. The number of benzene rings is 2. The lowest BCUT2D eigenvalue weighted by atomic mass is 9.90. The second-order valence-electron chi connectivity index (χ2n) is 8.83. The third-order valence-corrected chi connectivity index (χ3v) is 6.58. The van der Waals surface area contributed by atoms with Gasteiger partial charge in [-0.3, -0.25) is 0 Å². The van der Waals surface area contributed by atoms with Gasteiger partial charge in [0.05, 0.1) is 40.0 Å². The molecule has 2 aromatic rings. The van der Waals surface area contributed by atoms with Crippen LogP contribution in [-0.2, 0) is 9.47 Å². The minimum Gasteiger partial charge on any atom is -0.504 e. The normalized spacial score (nSPS) is 29.2. The van der Waals surface area contributed by atoms with Gasteiger partial charge in [-0.1, -0.05) is 18.2 Å². The number of aliphatic hydroxyl groups is 5. The molecule has 0 spiro atoms. The lowest BCUT2D eigenvalue weighted by molar-refractivity contribution is -0.298. The van der Waals surface area contributed by atoms with Crippen molar-refractivity contribution < 1.29 is 54.3 Å². The summed E-state index contributed by atoms with van der Waals surface area (Å²) < 4.78 is 27.8. The molecule has 37 heavy (non-hydrogen) atoms. The van der Waals surface area contributed by atoms with E-state index < -0.39 is 49.3 Å². The number of phenols is 1. The van der Waals surface area contributed by atoms with Crippen LogP contribution in [0.1, 0.15) is 28.7 Å². The summed E-state index contributed by atoms with van der Waals surface area (Å²) in [5.41, 5.74) is 2.20. The van der Waals surface area contributed by atoms with Crippen molar-refractivity contribution in [1.29, 1.82) is 0 Å². The number of hydrogen-bond acceptors (Lipinski definition) is 11. The van der Waals surface area contributed by atoms with E-state index in [1.807, 2.05) is 6.07 Å². The highest BCUT2D eigenvalue weighted by Gasteiger charge is 2.44. The average Bonchev–Trinajstić information content (AvgIpc) is 3.29. The van der Waals surface area contributed by atoms with Gasteiger partial charge < -0.3 is 54.3 Å². The fourth-order valence-corrected chi connectivity index (χ4v) is 4.57. The lowest BCUT2D eigenvalue weighted by Crippen LogP contribution is -2.59. The van der Waals surface area contributed by atoms with Gasteiger partial charge in [0.1, 0.15) is 30.5 Å². The van der Waals surface area contributed by atoms with Crippen LogP contribution >= 0.6 is 0 Å². The van der Waals surface area contributed by atoms with Crippen LogP contribution < -0.4 is 14.2 Å². The summed E-state index contributed by atoms with van der Waals surface area (Å²) in [6, 6.07) is 8.51. The van der Waals surface area contributed by atoms with Crippen molar-refractivity contribution in [2.24, 2.45) is 0 Å². The number of fused-ring (bicyclic) bond motifs is 1. The molecule has 0 aromatic heterocycles. The first-order valence-corrected chi connectivity index (χ1v) is 11.8. The fourth-order valence-electron chi connectivity index (χ4n) is 4.57. The second-order valence-corrected chi connectivity index (χ2v) is 8.83. The predicted molar refractivity (Wildman–Crippen MR) is 130 cm³/mol. The van der Waals surface area contributed by atoms with Gasteiger partial charge in [0.25, 0.3) is 0 Å². The molecule has 2 aliphatic heterocycles. The summed E-state index contributed by atoms with van der Waals surface area (Å²) in [6.07, 6.45) is -3.86. The SMILES string of the molecule is COc1cc([C@@H]2Oc3c(OC)cc(/C=C\CO[C@@H]4O[C@H](CO)[C@@H](O)[C@H](O)[C@H]4O)cc3[C@H]2CO)ccc1O. The zero-order chi connectivity index (χ0) is 26.7. The molecule has 0 bridgehead atoms. The summed E-state index contributed by atoms with van der Waals surface area (Å²) in [5.74, 6) is 0.867. The number of hydrogen-bond donors (Lipinski definition) is 6. The van der Waals surface area contributed by atoms with E-state index in [9.17, 15) is 30.6 Å². The Labute approximate surface area is 213 Å². The summed E-state index contributed by atoms with van der Waals surface area (Å²) in [7, 11) is 2.97. The molecule has 4 rings (SSSR count). The number of aromatic hydroxyl groups is 1. The number of phenolic OH excluding ortho intramolecular Hbond substituents is 1. The minimum absolute atomic E-state index is 0.00162. The third-order valence-electron chi connectivity index (χ3n) is 6.58. The molecular formula is C26H32O11. The van der Waals surface area contributed by atoms with Crippen molar-refractivity contribution in [1.82, 2.24) is 0 Å². The molecule has 2 aliphatic rings. The molecule has 0 unspecified atom stereocenters. The lowest BCUT2D eigenvalue weighted by Gasteiger charge is -2.39. The summed E-state index contributed by atoms with van der Waals surface area (Å²) in [4.78, 5) is 0. The fraction of sp³-hybridized carbons (Fsp3) is 0.462. The summed E-state index contributed by atoms with van der Waals surface area (Å²) in [6.45, 7) is -0.739. The van der Waals surface area contributed by atoms with Crippen molar-refractivity contribution in [3.8, 4) is 23.0 Å². The number of rotatable bonds is 9. The Morgan fingerprint density at radius 3 is 2.35 bits per heavy atom. The molecule has 202 valence electrons. The Morgan fingerprint density at radius 1 is 0.919 bits per heavy atom. The predicted octanol–water partition coefficient (Wildman–Crippen LogP) is 0.449. The smallest absolute Gasteiger partial charge is 0.187 e. The standard InChI is InChI=1S/C26H32O11/c1-33-18-10-14(5-6-17(18)29)24-16(11-27)15-8-13(9-19(34-2)25(15)37-24)4-3-7-35-26-23(32)22(31)21(30)20(12-28)36-26/h3-6,8-10,16,20-24,26-32H,7,11-12H2,1-2H3/b4-3-/t16-,20-,21-,22+,23-,24+,26-/m1/s1. The van der Waals surface area contributed by atoms with Crippen LogP contribution in [0.15, 0.2) is 36.4 Å². The molecule has 1 fully saturated rings. The van der Waals surface area contributed by atoms with Crippen LogP contribution in [0.4, 0.5) is 0 Å². The Bertz CT molecular complexity index is 1100. The summed E-state index contributed by atoms with van der Waals surface area (Å²) in [5, 5.41) is 59.3. The highest BCUT2D eigenvalue weighted by Crippen LogP contribution is 2.51. The zero-order valence-electron chi connectivity index (χ0n) is 20.4. The molecule has 2 heterocycles. The van der Waals surface area contributed by atoms with E-state index in [1.54, 1.807) is 30.4 Å². The van der Waals surface area contributed by atoms with Gasteiger partial charge in [-0.05, 0) is 35.4 Å². The molecule has 0 radical (unpaired) electrons. The molecule has 0 amide bonds. The molecule has 2 aromatic carbocycles.